The van der Waals surface area contributed by atoms with Crippen molar-refractivity contribution in [2.24, 2.45) is 0 Å². The fraction of sp³-hybridized carbons (Fsp3) is 0.118. The number of aromatic nitrogens is 3. The molecule has 0 radical (unpaired) electrons. The SMILES string of the molecule is Cc1ccc(NC(=O)Cc2csc(NC(=O)c3ncccn3)n2)cc1Cl. The molecule has 0 atom stereocenters. The van der Waals surface area contributed by atoms with E-state index in [-0.39, 0.29) is 18.2 Å². The Balaban J connectivity index is 1.58. The average molecular weight is 388 g/mol. The summed E-state index contributed by atoms with van der Waals surface area (Å²) in [4.78, 5) is 36.1. The van der Waals surface area contributed by atoms with Crippen LogP contribution in [-0.2, 0) is 11.2 Å². The molecular weight excluding hydrogens is 374 g/mol. The zero-order chi connectivity index (χ0) is 18.5. The molecule has 0 aliphatic carbocycles. The van der Waals surface area contributed by atoms with Gasteiger partial charge >= 0.3 is 0 Å². The van der Waals surface area contributed by atoms with Crippen LogP contribution in [-0.4, -0.2) is 26.8 Å². The maximum Gasteiger partial charge on any atom is 0.295 e. The van der Waals surface area contributed by atoms with Crippen molar-refractivity contribution in [3.8, 4) is 0 Å². The number of aryl methyl sites for hydroxylation is 1. The number of thiazole rings is 1. The van der Waals surface area contributed by atoms with E-state index in [9.17, 15) is 9.59 Å². The van der Waals surface area contributed by atoms with Crippen molar-refractivity contribution in [3.63, 3.8) is 0 Å². The van der Waals surface area contributed by atoms with E-state index >= 15 is 0 Å². The minimum absolute atomic E-state index is 0.0539. The first-order valence-corrected chi connectivity index (χ1v) is 8.86. The van der Waals surface area contributed by atoms with Crippen LogP contribution in [0.5, 0.6) is 0 Å². The molecule has 2 aromatic heterocycles. The molecule has 0 bridgehead atoms. The van der Waals surface area contributed by atoms with Crippen LogP contribution in [0, 0.1) is 6.92 Å². The summed E-state index contributed by atoms with van der Waals surface area (Å²) in [6.45, 7) is 1.89. The minimum atomic E-state index is -0.453. The third kappa shape index (κ3) is 4.62. The van der Waals surface area contributed by atoms with E-state index in [0.29, 0.717) is 21.5 Å². The van der Waals surface area contributed by atoms with E-state index in [0.717, 1.165) is 5.56 Å². The molecular formula is C17H14ClN5O2S. The summed E-state index contributed by atoms with van der Waals surface area (Å²) in [5, 5.41) is 8.06. The number of benzene rings is 1. The topological polar surface area (TPSA) is 96.9 Å². The molecule has 1 aromatic carbocycles. The van der Waals surface area contributed by atoms with E-state index in [4.69, 9.17) is 11.6 Å². The second-order valence-electron chi connectivity index (χ2n) is 5.36. The van der Waals surface area contributed by atoms with Gasteiger partial charge < -0.3 is 5.32 Å². The smallest absolute Gasteiger partial charge is 0.295 e. The van der Waals surface area contributed by atoms with Crippen molar-refractivity contribution in [1.82, 2.24) is 15.0 Å². The molecule has 0 spiro atoms. The van der Waals surface area contributed by atoms with Crippen LogP contribution in [0.25, 0.3) is 0 Å². The van der Waals surface area contributed by atoms with Gasteiger partial charge in [-0.25, -0.2) is 15.0 Å². The molecule has 132 valence electrons. The number of hydrogen-bond acceptors (Lipinski definition) is 6. The number of halogens is 1. The van der Waals surface area contributed by atoms with E-state index in [2.05, 4.69) is 25.6 Å². The summed E-state index contributed by atoms with van der Waals surface area (Å²) < 4.78 is 0. The number of rotatable bonds is 5. The van der Waals surface area contributed by atoms with Gasteiger partial charge in [0, 0.05) is 28.5 Å². The van der Waals surface area contributed by atoms with Gasteiger partial charge in [-0.3, -0.25) is 14.9 Å². The zero-order valence-corrected chi connectivity index (χ0v) is 15.3. The molecule has 0 fully saturated rings. The van der Waals surface area contributed by atoms with E-state index in [1.54, 1.807) is 23.6 Å². The lowest BCUT2D eigenvalue weighted by Gasteiger charge is -2.06. The Kier molecular flexibility index (Phi) is 5.55. The van der Waals surface area contributed by atoms with Crippen molar-refractivity contribution in [2.45, 2.75) is 13.3 Å². The second-order valence-corrected chi connectivity index (χ2v) is 6.62. The van der Waals surface area contributed by atoms with Crippen LogP contribution in [0.15, 0.2) is 42.0 Å². The third-order valence-electron chi connectivity index (χ3n) is 3.34. The van der Waals surface area contributed by atoms with Gasteiger partial charge in [-0.2, -0.15) is 0 Å². The van der Waals surface area contributed by atoms with Gasteiger partial charge in [-0.05, 0) is 30.7 Å². The number of carbonyl (C=O) groups excluding carboxylic acids is 2. The summed E-state index contributed by atoms with van der Waals surface area (Å²) in [5.74, 6) is -0.622. The molecule has 2 N–H and O–H groups in total. The lowest BCUT2D eigenvalue weighted by atomic mass is 10.2. The minimum Gasteiger partial charge on any atom is -0.326 e. The molecule has 2 amide bonds. The highest BCUT2D eigenvalue weighted by atomic mass is 35.5. The van der Waals surface area contributed by atoms with Crippen LogP contribution in [0.2, 0.25) is 5.02 Å². The van der Waals surface area contributed by atoms with Crippen molar-refractivity contribution in [1.29, 1.82) is 0 Å². The zero-order valence-electron chi connectivity index (χ0n) is 13.7. The number of nitrogens with one attached hydrogen (secondary N) is 2. The molecule has 26 heavy (non-hydrogen) atoms. The van der Waals surface area contributed by atoms with E-state index in [1.807, 2.05) is 13.0 Å². The largest absolute Gasteiger partial charge is 0.326 e. The molecule has 3 aromatic rings. The van der Waals surface area contributed by atoms with Crippen molar-refractivity contribution in [2.75, 3.05) is 10.6 Å². The summed E-state index contributed by atoms with van der Waals surface area (Å²) in [6.07, 6.45) is 3.05. The summed E-state index contributed by atoms with van der Waals surface area (Å²) >= 11 is 7.27. The fourth-order valence-electron chi connectivity index (χ4n) is 2.06. The van der Waals surface area contributed by atoms with Gasteiger partial charge in [0.05, 0.1) is 12.1 Å². The van der Waals surface area contributed by atoms with E-state index < -0.39 is 5.91 Å². The lowest BCUT2D eigenvalue weighted by molar-refractivity contribution is -0.115. The molecule has 2 heterocycles. The quantitative estimate of drug-likeness (QED) is 0.699. The van der Waals surface area contributed by atoms with E-state index in [1.165, 1.54) is 23.7 Å². The number of hydrogen-bond donors (Lipinski definition) is 2. The van der Waals surface area contributed by atoms with Crippen LogP contribution < -0.4 is 10.6 Å². The first-order chi connectivity index (χ1) is 12.5. The highest BCUT2D eigenvalue weighted by Gasteiger charge is 2.13. The average Bonchev–Trinajstić information content (AvgIpc) is 3.05. The molecule has 7 nitrogen and oxygen atoms in total. The first-order valence-electron chi connectivity index (χ1n) is 7.60. The molecule has 0 unspecified atom stereocenters. The fourth-order valence-corrected chi connectivity index (χ4v) is 2.94. The maximum atomic E-state index is 12.1. The van der Waals surface area contributed by atoms with Gasteiger partial charge in [0.2, 0.25) is 11.7 Å². The molecule has 0 aliphatic rings. The Morgan fingerprint density at radius 3 is 2.69 bits per heavy atom. The summed E-state index contributed by atoms with van der Waals surface area (Å²) in [5.41, 5.74) is 2.11. The van der Waals surface area contributed by atoms with Crippen molar-refractivity contribution >= 4 is 45.6 Å². The first kappa shape index (κ1) is 18.0. The highest BCUT2D eigenvalue weighted by molar-refractivity contribution is 7.14. The van der Waals surface area contributed by atoms with Gasteiger partial charge in [0.25, 0.3) is 5.91 Å². The second kappa shape index (κ2) is 8.03. The lowest BCUT2D eigenvalue weighted by Crippen LogP contribution is -2.16. The van der Waals surface area contributed by atoms with Crippen LogP contribution in [0.3, 0.4) is 0 Å². The van der Waals surface area contributed by atoms with Crippen LogP contribution >= 0.6 is 22.9 Å². The monoisotopic (exact) mass is 387 g/mol. The van der Waals surface area contributed by atoms with Crippen molar-refractivity contribution in [3.05, 3.63) is 64.1 Å². The number of nitrogens with zero attached hydrogens (tertiary/aromatic N) is 3. The number of amides is 2. The Hall–Kier alpha value is -2.84. The maximum absolute atomic E-state index is 12.1. The van der Waals surface area contributed by atoms with Gasteiger partial charge in [0.15, 0.2) is 5.13 Å². The number of anilines is 2. The summed E-state index contributed by atoms with van der Waals surface area (Å²) in [6, 6.07) is 6.94. The van der Waals surface area contributed by atoms with Crippen molar-refractivity contribution < 1.29 is 9.59 Å². The van der Waals surface area contributed by atoms with Crippen LogP contribution in [0.1, 0.15) is 21.9 Å². The highest BCUT2D eigenvalue weighted by Crippen LogP contribution is 2.21. The molecule has 3 rings (SSSR count). The Morgan fingerprint density at radius 2 is 1.96 bits per heavy atom. The Bertz CT molecular complexity index is 945. The third-order valence-corrected chi connectivity index (χ3v) is 4.55. The van der Waals surface area contributed by atoms with Gasteiger partial charge in [-0.15, -0.1) is 11.3 Å². The van der Waals surface area contributed by atoms with Crippen LogP contribution in [0.4, 0.5) is 10.8 Å². The predicted molar refractivity (Wildman–Crippen MR) is 101 cm³/mol. The molecule has 9 heteroatoms. The molecule has 0 aliphatic heterocycles. The normalized spacial score (nSPS) is 10.4. The predicted octanol–water partition coefficient (Wildman–Crippen LogP) is 3.33. The molecule has 0 saturated heterocycles. The van der Waals surface area contributed by atoms with Gasteiger partial charge in [0.1, 0.15) is 0 Å². The Labute approximate surface area is 158 Å². The standard InChI is InChI=1S/C17H14ClN5O2S/c1-10-3-4-11(7-13(10)18)21-14(24)8-12-9-26-17(22-12)23-16(25)15-19-5-2-6-20-15/h2-7,9H,8H2,1H3,(H,21,24)(H,22,23,25). The molecule has 0 saturated carbocycles. The summed E-state index contributed by atoms with van der Waals surface area (Å²) in [7, 11) is 0. The van der Waals surface area contributed by atoms with Gasteiger partial charge in [-0.1, -0.05) is 17.7 Å². The number of carbonyl (C=O) groups is 2. The Morgan fingerprint density at radius 1 is 1.19 bits per heavy atom.